The first-order valence-corrected chi connectivity index (χ1v) is 7.34. The molecule has 0 atom stereocenters. The van der Waals surface area contributed by atoms with E-state index < -0.39 is 0 Å². The highest BCUT2D eigenvalue weighted by atomic mass is 15.3. The van der Waals surface area contributed by atoms with Crippen molar-refractivity contribution in [3.8, 4) is 0 Å². The zero-order valence-corrected chi connectivity index (χ0v) is 12.6. The number of nitrogens with one attached hydrogen (secondary N) is 1. The minimum Gasteiger partial charge on any atom is -0.352 e. The molecule has 0 aliphatic heterocycles. The van der Waals surface area contributed by atoms with Crippen LogP contribution < -0.4 is 10.2 Å². The molecule has 1 aromatic rings. The first-order chi connectivity index (χ1) is 8.99. The van der Waals surface area contributed by atoms with Crippen molar-refractivity contribution in [3.63, 3.8) is 0 Å². The molecule has 0 unspecified atom stereocenters. The highest BCUT2D eigenvalue weighted by molar-refractivity contribution is 5.40. The molecule has 1 fully saturated rings. The first-order valence-electron chi connectivity index (χ1n) is 7.34. The monoisotopic (exact) mass is 262 g/mol. The predicted octanol–water partition coefficient (Wildman–Crippen LogP) is 2.74. The molecule has 1 heterocycles. The molecular weight excluding hydrogens is 236 g/mol. The minimum absolute atomic E-state index is 0.114. The van der Waals surface area contributed by atoms with Crippen LogP contribution >= 0.6 is 0 Å². The summed E-state index contributed by atoms with van der Waals surface area (Å²) in [6, 6.07) is 4.90. The van der Waals surface area contributed by atoms with Crippen molar-refractivity contribution in [1.29, 1.82) is 0 Å². The van der Waals surface area contributed by atoms with Gasteiger partial charge in [-0.25, -0.2) is 0 Å². The van der Waals surface area contributed by atoms with Crippen LogP contribution in [0.25, 0.3) is 0 Å². The number of nitrogens with zero attached hydrogens (tertiary/aromatic N) is 3. The van der Waals surface area contributed by atoms with Gasteiger partial charge in [-0.3, -0.25) is 0 Å². The van der Waals surface area contributed by atoms with Gasteiger partial charge in [0.15, 0.2) is 5.82 Å². The van der Waals surface area contributed by atoms with Crippen LogP contribution in [0.3, 0.4) is 0 Å². The van der Waals surface area contributed by atoms with Crippen molar-refractivity contribution in [2.24, 2.45) is 0 Å². The van der Waals surface area contributed by atoms with Gasteiger partial charge in [-0.15, -0.1) is 5.10 Å². The average molecular weight is 262 g/mol. The third-order valence-corrected chi connectivity index (χ3v) is 3.25. The van der Waals surface area contributed by atoms with Crippen LogP contribution in [-0.2, 0) is 6.54 Å². The van der Waals surface area contributed by atoms with E-state index in [2.05, 4.69) is 60.2 Å². The number of hydrogen-bond acceptors (Lipinski definition) is 4. The summed E-state index contributed by atoms with van der Waals surface area (Å²) in [5, 5.41) is 12.2. The fourth-order valence-corrected chi connectivity index (χ4v) is 2.07. The molecule has 1 saturated carbocycles. The smallest absolute Gasteiger partial charge is 0.151 e. The fraction of sp³-hybridized carbons (Fsp3) is 0.733. The molecule has 4 nitrogen and oxygen atoms in total. The Hall–Kier alpha value is -1.16. The molecule has 0 radical (unpaired) electrons. The summed E-state index contributed by atoms with van der Waals surface area (Å²) >= 11 is 0. The SMILES string of the molecule is CCCN(c1ccc(CNC(C)(C)C)nn1)C1CC1. The standard InChI is InChI=1S/C15H26N4/c1-5-10-19(13-7-8-13)14-9-6-12(17-18-14)11-16-15(2,3)4/h6,9,13,16H,5,7-8,10-11H2,1-4H3. The second kappa shape index (κ2) is 5.87. The largest absolute Gasteiger partial charge is 0.352 e. The zero-order chi connectivity index (χ0) is 13.9. The summed E-state index contributed by atoms with van der Waals surface area (Å²) in [4.78, 5) is 2.40. The van der Waals surface area contributed by atoms with E-state index in [-0.39, 0.29) is 5.54 Å². The number of anilines is 1. The third kappa shape index (κ3) is 4.46. The second-order valence-electron chi connectivity index (χ2n) is 6.41. The van der Waals surface area contributed by atoms with Gasteiger partial charge < -0.3 is 10.2 Å². The van der Waals surface area contributed by atoms with Gasteiger partial charge in [0.05, 0.1) is 5.69 Å². The van der Waals surface area contributed by atoms with Gasteiger partial charge in [0, 0.05) is 24.7 Å². The van der Waals surface area contributed by atoms with Crippen molar-refractivity contribution in [2.45, 2.75) is 65.1 Å². The van der Waals surface area contributed by atoms with Gasteiger partial charge in [-0.05, 0) is 52.2 Å². The van der Waals surface area contributed by atoms with E-state index in [0.29, 0.717) is 6.04 Å². The maximum absolute atomic E-state index is 4.40. The maximum Gasteiger partial charge on any atom is 0.151 e. The summed E-state index contributed by atoms with van der Waals surface area (Å²) in [7, 11) is 0. The van der Waals surface area contributed by atoms with E-state index in [0.717, 1.165) is 31.0 Å². The predicted molar refractivity (Wildman–Crippen MR) is 79.3 cm³/mol. The van der Waals surface area contributed by atoms with E-state index in [9.17, 15) is 0 Å². The first kappa shape index (κ1) is 14.3. The van der Waals surface area contributed by atoms with Crippen molar-refractivity contribution in [2.75, 3.05) is 11.4 Å². The maximum atomic E-state index is 4.40. The summed E-state index contributed by atoms with van der Waals surface area (Å²) in [6.45, 7) is 10.5. The van der Waals surface area contributed by atoms with Crippen LogP contribution in [-0.4, -0.2) is 28.3 Å². The van der Waals surface area contributed by atoms with Gasteiger partial charge >= 0.3 is 0 Å². The molecule has 1 aliphatic rings. The van der Waals surface area contributed by atoms with Gasteiger partial charge in [0.25, 0.3) is 0 Å². The van der Waals surface area contributed by atoms with Crippen molar-refractivity contribution < 1.29 is 0 Å². The Morgan fingerprint density at radius 3 is 2.47 bits per heavy atom. The Kier molecular flexibility index (Phi) is 4.40. The number of rotatable bonds is 6. The fourth-order valence-electron chi connectivity index (χ4n) is 2.07. The Bertz CT molecular complexity index is 390. The summed E-state index contributed by atoms with van der Waals surface area (Å²) in [6.07, 6.45) is 3.76. The number of aromatic nitrogens is 2. The topological polar surface area (TPSA) is 41.0 Å². The molecule has 106 valence electrons. The van der Waals surface area contributed by atoms with Crippen LogP contribution in [0.15, 0.2) is 12.1 Å². The van der Waals surface area contributed by atoms with Crippen LogP contribution in [0.5, 0.6) is 0 Å². The quantitative estimate of drug-likeness (QED) is 0.856. The van der Waals surface area contributed by atoms with E-state index in [4.69, 9.17) is 0 Å². The van der Waals surface area contributed by atoms with Crippen molar-refractivity contribution >= 4 is 5.82 Å². The second-order valence-corrected chi connectivity index (χ2v) is 6.41. The van der Waals surface area contributed by atoms with E-state index in [1.54, 1.807) is 0 Å². The van der Waals surface area contributed by atoms with E-state index in [1.807, 2.05) is 0 Å². The lowest BCUT2D eigenvalue weighted by atomic mass is 10.1. The van der Waals surface area contributed by atoms with Gasteiger partial charge in [-0.1, -0.05) is 6.92 Å². The van der Waals surface area contributed by atoms with Gasteiger partial charge in [0.2, 0.25) is 0 Å². The third-order valence-electron chi connectivity index (χ3n) is 3.25. The summed E-state index contributed by atoms with van der Waals surface area (Å²) in [5.41, 5.74) is 1.12. The molecule has 0 amide bonds. The average Bonchev–Trinajstić information content (AvgIpc) is 3.18. The van der Waals surface area contributed by atoms with Crippen LogP contribution in [0, 0.1) is 0 Å². The molecule has 19 heavy (non-hydrogen) atoms. The minimum atomic E-state index is 0.114. The zero-order valence-electron chi connectivity index (χ0n) is 12.6. The van der Waals surface area contributed by atoms with Crippen LogP contribution in [0.4, 0.5) is 5.82 Å². The van der Waals surface area contributed by atoms with Crippen molar-refractivity contribution in [3.05, 3.63) is 17.8 Å². The molecule has 2 rings (SSSR count). The van der Waals surface area contributed by atoms with Crippen LogP contribution in [0.1, 0.15) is 52.7 Å². The molecule has 0 aromatic carbocycles. The Morgan fingerprint density at radius 1 is 1.26 bits per heavy atom. The highest BCUT2D eigenvalue weighted by Crippen LogP contribution is 2.30. The molecule has 0 bridgehead atoms. The summed E-state index contributed by atoms with van der Waals surface area (Å²) in [5.74, 6) is 1.03. The van der Waals surface area contributed by atoms with E-state index in [1.165, 1.54) is 12.8 Å². The Morgan fingerprint density at radius 2 is 2.00 bits per heavy atom. The Balaban J connectivity index is 1.96. The lowest BCUT2D eigenvalue weighted by molar-refractivity contribution is 0.420. The molecule has 1 aliphatic carbocycles. The molecule has 1 aromatic heterocycles. The Labute approximate surface area is 116 Å². The lowest BCUT2D eigenvalue weighted by Gasteiger charge is -2.23. The molecule has 0 saturated heterocycles. The number of hydrogen-bond donors (Lipinski definition) is 1. The van der Waals surface area contributed by atoms with E-state index >= 15 is 0 Å². The molecule has 4 heteroatoms. The normalized spacial score (nSPS) is 15.6. The molecule has 0 spiro atoms. The van der Waals surface area contributed by atoms with Gasteiger partial charge in [-0.2, -0.15) is 5.10 Å². The molecule has 1 N–H and O–H groups in total. The highest BCUT2D eigenvalue weighted by Gasteiger charge is 2.29. The van der Waals surface area contributed by atoms with Crippen LogP contribution in [0.2, 0.25) is 0 Å². The lowest BCUT2D eigenvalue weighted by Crippen LogP contribution is -2.35. The molecular formula is C15H26N4. The van der Waals surface area contributed by atoms with Crippen molar-refractivity contribution in [1.82, 2.24) is 15.5 Å². The summed E-state index contributed by atoms with van der Waals surface area (Å²) < 4.78 is 0. The van der Waals surface area contributed by atoms with Gasteiger partial charge in [0.1, 0.15) is 0 Å².